The number of ketones is 2. The molecule has 23 heavy (non-hydrogen) atoms. The standard InChI is InChI=1S/C16H8BrClFNO3/c17-9-6-7(19)4-5-10(9)20-14-13(18)16(23)12-8(15(14)22)2-1-3-11(12)21/h1-6,20-21H. The van der Waals surface area contributed by atoms with Crippen LogP contribution in [0.4, 0.5) is 10.1 Å². The zero-order chi connectivity index (χ0) is 16.7. The molecule has 0 radical (unpaired) electrons. The van der Waals surface area contributed by atoms with Crippen LogP contribution >= 0.6 is 27.5 Å². The Kier molecular flexibility index (Phi) is 3.95. The maximum atomic E-state index is 13.1. The average molecular weight is 397 g/mol. The van der Waals surface area contributed by atoms with Crippen molar-refractivity contribution in [1.29, 1.82) is 0 Å². The zero-order valence-electron chi connectivity index (χ0n) is 11.4. The minimum Gasteiger partial charge on any atom is -0.507 e. The second kappa shape index (κ2) is 5.79. The van der Waals surface area contributed by atoms with Crippen molar-refractivity contribution in [1.82, 2.24) is 0 Å². The number of halogens is 3. The Morgan fingerprint density at radius 3 is 2.57 bits per heavy atom. The molecule has 0 unspecified atom stereocenters. The Hall–Kier alpha value is -2.18. The molecule has 1 aliphatic rings. The van der Waals surface area contributed by atoms with Gasteiger partial charge in [-0.25, -0.2) is 4.39 Å². The summed E-state index contributed by atoms with van der Waals surface area (Å²) in [6.07, 6.45) is 0. The summed E-state index contributed by atoms with van der Waals surface area (Å²) in [6.45, 7) is 0. The second-order valence-electron chi connectivity index (χ2n) is 4.80. The van der Waals surface area contributed by atoms with Crippen LogP contribution < -0.4 is 5.32 Å². The smallest absolute Gasteiger partial charge is 0.211 e. The van der Waals surface area contributed by atoms with E-state index in [9.17, 15) is 19.1 Å². The van der Waals surface area contributed by atoms with Crippen molar-refractivity contribution in [2.75, 3.05) is 5.32 Å². The molecule has 3 rings (SSSR count). The predicted octanol–water partition coefficient (Wildman–Crippen LogP) is 4.24. The first kappa shape index (κ1) is 15.7. The lowest BCUT2D eigenvalue weighted by atomic mass is 9.91. The van der Waals surface area contributed by atoms with Crippen molar-refractivity contribution in [2.24, 2.45) is 0 Å². The Balaban J connectivity index is 2.08. The molecule has 2 aromatic rings. The number of rotatable bonds is 2. The average Bonchev–Trinajstić information content (AvgIpc) is 2.51. The third kappa shape index (κ3) is 2.64. The Morgan fingerprint density at radius 1 is 1.13 bits per heavy atom. The number of hydrogen-bond donors (Lipinski definition) is 2. The molecule has 4 nitrogen and oxygen atoms in total. The van der Waals surface area contributed by atoms with E-state index in [1.165, 1.54) is 36.4 Å². The highest BCUT2D eigenvalue weighted by Crippen LogP contribution is 2.35. The van der Waals surface area contributed by atoms with E-state index >= 15 is 0 Å². The van der Waals surface area contributed by atoms with Crippen LogP contribution in [0.5, 0.6) is 5.75 Å². The summed E-state index contributed by atoms with van der Waals surface area (Å²) in [5.41, 5.74) is 0.192. The SMILES string of the molecule is O=C1C(Nc2ccc(F)cc2Br)=C(Cl)C(=O)c2c(O)cccc21. The molecule has 0 spiro atoms. The van der Waals surface area contributed by atoms with Crippen LogP contribution in [0.2, 0.25) is 0 Å². The molecule has 0 aliphatic heterocycles. The van der Waals surface area contributed by atoms with Gasteiger partial charge in [0.05, 0.1) is 11.3 Å². The molecule has 7 heteroatoms. The third-order valence-corrected chi connectivity index (χ3v) is 4.37. The largest absolute Gasteiger partial charge is 0.507 e. The highest BCUT2D eigenvalue weighted by molar-refractivity contribution is 9.10. The van der Waals surface area contributed by atoms with Crippen molar-refractivity contribution in [3.05, 3.63) is 68.5 Å². The van der Waals surface area contributed by atoms with Gasteiger partial charge in [0.1, 0.15) is 22.3 Å². The topological polar surface area (TPSA) is 66.4 Å². The van der Waals surface area contributed by atoms with Crippen LogP contribution in [0, 0.1) is 5.82 Å². The van der Waals surface area contributed by atoms with Crippen LogP contribution in [0.15, 0.2) is 51.6 Å². The first-order valence-corrected chi connectivity index (χ1v) is 7.60. The minimum atomic E-state index is -0.653. The van der Waals surface area contributed by atoms with Crippen molar-refractivity contribution in [3.8, 4) is 5.75 Å². The van der Waals surface area contributed by atoms with Gasteiger partial charge in [-0.2, -0.15) is 0 Å². The van der Waals surface area contributed by atoms with Gasteiger partial charge < -0.3 is 10.4 Å². The van der Waals surface area contributed by atoms with E-state index < -0.39 is 17.4 Å². The summed E-state index contributed by atoms with van der Waals surface area (Å²) in [6, 6.07) is 8.03. The number of nitrogens with one attached hydrogen (secondary N) is 1. The lowest BCUT2D eigenvalue weighted by Crippen LogP contribution is -2.24. The summed E-state index contributed by atoms with van der Waals surface area (Å²) >= 11 is 9.18. The van der Waals surface area contributed by atoms with Crippen molar-refractivity contribution >= 4 is 44.8 Å². The Labute approximate surface area is 143 Å². The number of carbonyl (C=O) groups excluding carboxylic acids is 2. The molecule has 116 valence electrons. The summed E-state index contributed by atoms with van der Waals surface area (Å²) in [5.74, 6) is -1.94. The second-order valence-corrected chi connectivity index (χ2v) is 6.03. The van der Waals surface area contributed by atoms with E-state index in [1.807, 2.05) is 0 Å². The quantitative estimate of drug-likeness (QED) is 0.797. The van der Waals surface area contributed by atoms with Gasteiger partial charge in [0.2, 0.25) is 11.6 Å². The number of hydrogen-bond acceptors (Lipinski definition) is 4. The summed E-state index contributed by atoms with van der Waals surface area (Å²) in [4.78, 5) is 24.9. The number of phenolic OH excluding ortho intramolecular Hbond substituents is 1. The number of aromatic hydroxyl groups is 1. The number of phenols is 1. The predicted molar refractivity (Wildman–Crippen MR) is 87.4 cm³/mol. The van der Waals surface area contributed by atoms with Gasteiger partial charge in [0.25, 0.3) is 0 Å². The van der Waals surface area contributed by atoms with Crippen molar-refractivity contribution in [2.45, 2.75) is 0 Å². The molecule has 0 aromatic heterocycles. The van der Waals surface area contributed by atoms with E-state index in [-0.39, 0.29) is 27.6 Å². The van der Waals surface area contributed by atoms with E-state index in [0.29, 0.717) is 10.2 Å². The fraction of sp³-hybridized carbons (Fsp3) is 0. The number of anilines is 1. The highest BCUT2D eigenvalue weighted by atomic mass is 79.9. The van der Waals surface area contributed by atoms with Crippen LogP contribution in [-0.4, -0.2) is 16.7 Å². The summed E-state index contributed by atoms with van der Waals surface area (Å²) in [7, 11) is 0. The molecule has 2 aromatic carbocycles. The monoisotopic (exact) mass is 395 g/mol. The van der Waals surface area contributed by atoms with Crippen LogP contribution in [0.3, 0.4) is 0 Å². The van der Waals surface area contributed by atoms with Gasteiger partial charge >= 0.3 is 0 Å². The Bertz CT molecular complexity index is 895. The number of benzene rings is 2. The number of carbonyl (C=O) groups is 2. The maximum absolute atomic E-state index is 13.1. The summed E-state index contributed by atoms with van der Waals surface area (Å²) < 4.78 is 13.5. The van der Waals surface area contributed by atoms with Crippen LogP contribution in [-0.2, 0) is 0 Å². The highest BCUT2D eigenvalue weighted by Gasteiger charge is 2.33. The molecule has 0 saturated carbocycles. The summed E-state index contributed by atoms with van der Waals surface area (Å²) in [5, 5.41) is 12.2. The molecule has 1 aliphatic carbocycles. The van der Waals surface area contributed by atoms with Gasteiger partial charge in [0.15, 0.2) is 0 Å². The molecule has 0 fully saturated rings. The van der Waals surface area contributed by atoms with Gasteiger partial charge in [-0.1, -0.05) is 17.7 Å². The van der Waals surface area contributed by atoms with E-state index in [2.05, 4.69) is 21.2 Å². The molecule has 0 atom stereocenters. The molecule has 2 N–H and O–H groups in total. The van der Waals surface area contributed by atoms with E-state index in [4.69, 9.17) is 11.6 Å². The lowest BCUT2D eigenvalue weighted by Gasteiger charge is -2.20. The number of fused-ring (bicyclic) bond motifs is 1. The van der Waals surface area contributed by atoms with Gasteiger partial charge in [-0.05, 0) is 46.3 Å². The molecule has 0 heterocycles. The van der Waals surface area contributed by atoms with Gasteiger partial charge in [0, 0.05) is 10.0 Å². The molecule has 0 saturated heterocycles. The number of allylic oxidation sites excluding steroid dienone is 2. The van der Waals surface area contributed by atoms with E-state index in [0.717, 1.165) is 0 Å². The number of Topliss-reactive ketones (excluding diaryl/α,β-unsaturated/α-hetero) is 2. The molecular weight excluding hydrogens is 389 g/mol. The Morgan fingerprint density at radius 2 is 1.87 bits per heavy atom. The maximum Gasteiger partial charge on any atom is 0.211 e. The van der Waals surface area contributed by atoms with Crippen LogP contribution in [0.1, 0.15) is 20.7 Å². The fourth-order valence-electron chi connectivity index (χ4n) is 2.26. The molecular formula is C16H8BrClFNO3. The third-order valence-electron chi connectivity index (χ3n) is 3.35. The first-order valence-electron chi connectivity index (χ1n) is 6.43. The first-order chi connectivity index (χ1) is 10.9. The van der Waals surface area contributed by atoms with Crippen molar-refractivity contribution in [3.63, 3.8) is 0 Å². The van der Waals surface area contributed by atoms with E-state index in [1.54, 1.807) is 0 Å². The van der Waals surface area contributed by atoms with Crippen LogP contribution in [0.25, 0.3) is 0 Å². The fourth-order valence-corrected chi connectivity index (χ4v) is 2.94. The zero-order valence-corrected chi connectivity index (χ0v) is 13.7. The van der Waals surface area contributed by atoms with Crippen molar-refractivity contribution < 1.29 is 19.1 Å². The lowest BCUT2D eigenvalue weighted by molar-refractivity contribution is 0.0979. The molecule has 0 amide bonds. The normalized spacial score (nSPS) is 14.0. The van der Waals surface area contributed by atoms with Gasteiger partial charge in [-0.3, -0.25) is 9.59 Å². The van der Waals surface area contributed by atoms with Gasteiger partial charge in [-0.15, -0.1) is 0 Å². The molecule has 0 bridgehead atoms. The minimum absolute atomic E-state index is 0.0557.